The molecule has 2 aromatic heterocycles. The Bertz CT molecular complexity index is 1080. The molecule has 1 aliphatic carbocycles. The van der Waals surface area contributed by atoms with Gasteiger partial charge in [-0.15, -0.1) is 0 Å². The summed E-state index contributed by atoms with van der Waals surface area (Å²) in [7, 11) is 1.93. The van der Waals surface area contributed by atoms with Crippen LogP contribution in [0.4, 0.5) is 20.3 Å². The first-order chi connectivity index (χ1) is 14.0. The van der Waals surface area contributed by atoms with Gasteiger partial charge >= 0.3 is 0 Å². The minimum atomic E-state index is -0.953. The van der Waals surface area contributed by atoms with Gasteiger partial charge in [-0.1, -0.05) is 0 Å². The normalized spacial score (nSPS) is 21.7. The number of aromatic nitrogens is 4. The Kier molecular flexibility index (Phi) is 4.11. The fourth-order valence-corrected chi connectivity index (χ4v) is 4.02. The monoisotopic (exact) mass is 398 g/mol. The molecular weight excluding hydrogens is 378 g/mol. The predicted molar refractivity (Wildman–Crippen MR) is 105 cm³/mol. The Morgan fingerprint density at radius 3 is 2.72 bits per heavy atom. The lowest BCUT2D eigenvalue weighted by Gasteiger charge is -2.54. The quantitative estimate of drug-likeness (QED) is 0.500. The Balaban J connectivity index is 1.61. The molecule has 1 unspecified atom stereocenters. The van der Waals surface area contributed by atoms with E-state index >= 15 is 0 Å². The zero-order valence-corrected chi connectivity index (χ0v) is 15.9. The topological polar surface area (TPSA) is 69.9 Å². The second-order valence-electron chi connectivity index (χ2n) is 7.65. The first-order valence-electron chi connectivity index (χ1n) is 9.64. The number of anilines is 1. The van der Waals surface area contributed by atoms with Crippen LogP contribution in [0.5, 0.6) is 0 Å². The van der Waals surface area contributed by atoms with Gasteiger partial charge in [0.25, 0.3) is 5.82 Å². The summed E-state index contributed by atoms with van der Waals surface area (Å²) in [5.74, 6) is -0.757. The standard InChI is InChI=1S/C20H20F2N6O/c1-26-9-10-28(29,14-3-2-4-14)19-17(26)12-24-20(25-19)27-8-7-23-18(27)13-5-6-15(21)16(22)11-13/h5-8,11-12,14H,2-4,9-10H2,1H3. The zero-order valence-electron chi connectivity index (χ0n) is 15.9. The summed E-state index contributed by atoms with van der Waals surface area (Å²) in [5, 5.41) is 13.7. The van der Waals surface area contributed by atoms with Crippen molar-refractivity contribution in [3.63, 3.8) is 0 Å². The summed E-state index contributed by atoms with van der Waals surface area (Å²) < 4.78 is 28.2. The van der Waals surface area contributed by atoms with Gasteiger partial charge in [0.2, 0.25) is 5.95 Å². The molecule has 7 nitrogen and oxygen atoms in total. The van der Waals surface area contributed by atoms with E-state index in [1.165, 1.54) is 12.3 Å². The van der Waals surface area contributed by atoms with E-state index in [4.69, 9.17) is 0 Å². The fraction of sp³-hybridized carbons (Fsp3) is 0.350. The lowest BCUT2D eigenvalue weighted by molar-refractivity contribution is 0.180. The number of hydrogen-bond acceptors (Lipinski definition) is 5. The second kappa shape index (κ2) is 6.57. The van der Waals surface area contributed by atoms with E-state index in [1.807, 2.05) is 11.9 Å². The maximum absolute atomic E-state index is 13.7. The van der Waals surface area contributed by atoms with Gasteiger partial charge in [-0.2, -0.15) is 4.98 Å². The van der Waals surface area contributed by atoms with E-state index < -0.39 is 16.3 Å². The lowest BCUT2D eigenvalue weighted by Crippen LogP contribution is -2.60. The van der Waals surface area contributed by atoms with E-state index in [9.17, 15) is 14.0 Å². The van der Waals surface area contributed by atoms with Crippen molar-refractivity contribution in [2.75, 3.05) is 25.0 Å². The van der Waals surface area contributed by atoms with E-state index in [1.54, 1.807) is 17.0 Å². The van der Waals surface area contributed by atoms with Gasteiger partial charge in [0.15, 0.2) is 11.6 Å². The molecule has 1 fully saturated rings. The number of nitrogens with zero attached hydrogens (tertiary/aromatic N) is 6. The summed E-state index contributed by atoms with van der Waals surface area (Å²) in [6.07, 6.45) is 7.71. The maximum atomic E-state index is 13.7. The fourth-order valence-electron chi connectivity index (χ4n) is 4.02. The van der Waals surface area contributed by atoms with Crippen LogP contribution in [-0.2, 0) is 0 Å². The van der Waals surface area contributed by atoms with Gasteiger partial charge in [-0.05, 0) is 24.6 Å². The van der Waals surface area contributed by atoms with Crippen molar-refractivity contribution >= 4 is 11.5 Å². The van der Waals surface area contributed by atoms with Crippen molar-refractivity contribution in [1.82, 2.24) is 24.2 Å². The van der Waals surface area contributed by atoms with Crippen LogP contribution in [0.25, 0.3) is 17.3 Å². The molecule has 3 aromatic rings. The third-order valence-electron chi connectivity index (χ3n) is 5.97. The van der Waals surface area contributed by atoms with Gasteiger partial charge < -0.3 is 14.8 Å². The van der Waals surface area contributed by atoms with Crippen LogP contribution in [0.1, 0.15) is 19.3 Å². The largest absolute Gasteiger partial charge is 0.626 e. The highest BCUT2D eigenvalue weighted by molar-refractivity contribution is 5.68. The molecule has 0 spiro atoms. The third kappa shape index (κ3) is 2.80. The molecule has 3 heterocycles. The number of quaternary nitrogens is 1. The Labute approximate surface area is 166 Å². The molecule has 0 radical (unpaired) electrons. The van der Waals surface area contributed by atoms with Crippen molar-refractivity contribution in [1.29, 1.82) is 0 Å². The number of rotatable bonds is 3. The number of likely N-dealkylation sites (N-methyl/N-ethyl adjacent to an activating group) is 1. The van der Waals surface area contributed by atoms with Crippen molar-refractivity contribution in [3.05, 3.63) is 53.6 Å². The van der Waals surface area contributed by atoms with E-state index in [0.717, 1.165) is 37.1 Å². The number of halogens is 2. The van der Waals surface area contributed by atoms with Gasteiger partial charge in [-0.25, -0.2) is 18.7 Å². The maximum Gasteiger partial charge on any atom is 0.256 e. The first-order valence-corrected chi connectivity index (χ1v) is 9.64. The molecule has 150 valence electrons. The highest BCUT2D eigenvalue weighted by Crippen LogP contribution is 2.42. The number of fused-ring (bicyclic) bond motifs is 1. The Morgan fingerprint density at radius 1 is 1.17 bits per heavy atom. The Hall–Kier alpha value is -2.91. The molecule has 1 aromatic carbocycles. The van der Waals surface area contributed by atoms with E-state index in [2.05, 4.69) is 15.0 Å². The summed E-state index contributed by atoms with van der Waals surface area (Å²) in [4.78, 5) is 15.3. The van der Waals surface area contributed by atoms with Gasteiger partial charge in [0, 0.05) is 37.8 Å². The molecule has 1 atom stereocenters. The highest BCUT2D eigenvalue weighted by atomic mass is 19.2. The second-order valence-corrected chi connectivity index (χ2v) is 7.65. The summed E-state index contributed by atoms with van der Waals surface area (Å²) in [5.41, 5.74) is 1.13. The smallest absolute Gasteiger partial charge is 0.256 e. The third-order valence-corrected chi connectivity index (χ3v) is 5.97. The molecule has 0 N–H and O–H groups in total. The molecular formula is C20H20F2N6O. The van der Waals surface area contributed by atoms with E-state index in [-0.39, 0.29) is 12.0 Å². The molecule has 29 heavy (non-hydrogen) atoms. The lowest BCUT2D eigenvalue weighted by atomic mass is 9.90. The molecule has 0 amide bonds. The van der Waals surface area contributed by atoms with Crippen LogP contribution < -0.4 is 9.55 Å². The zero-order chi connectivity index (χ0) is 20.2. The molecule has 5 rings (SSSR count). The molecule has 2 aliphatic rings. The number of benzene rings is 1. The average Bonchev–Trinajstić information content (AvgIpc) is 3.15. The predicted octanol–water partition coefficient (Wildman–Crippen LogP) is 3.41. The van der Waals surface area contributed by atoms with Gasteiger partial charge in [0.1, 0.15) is 18.1 Å². The van der Waals surface area contributed by atoms with Gasteiger partial charge in [0.05, 0.1) is 18.8 Å². The van der Waals surface area contributed by atoms with Crippen molar-refractivity contribution in [3.8, 4) is 17.3 Å². The SMILES string of the molecule is CN1CC[N+]([O-])(C2CCC2)c2nc(-n3ccnc3-c3ccc(F)c(F)c3)ncc21. The summed E-state index contributed by atoms with van der Waals surface area (Å²) in [6.45, 7) is 1.10. The van der Waals surface area contributed by atoms with Gasteiger partial charge in [-0.3, -0.25) is 4.57 Å². The molecule has 9 heteroatoms. The van der Waals surface area contributed by atoms with Crippen LogP contribution in [0, 0.1) is 16.8 Å². The van der Waals surface area contributed by atoms with Crippen molar-refractivity contribution < 1.29 is 8.78 Å². The highest BCUT2D eigenvalue weighted by Gasteiger charge is 2.42. The molecule has 0 saturated heterocycles. The number of hydroxylamine groups is 2. The van der Waals surface area contributed by atoms with Crippen LogP contribution >= 0.6 is 0 Å². The molecule has 1 saturated carbocycles. The summed E-state index contributed by atoms with van der Waals surface area (Å²) in [6, 6.07) is 3.62. The first kappa shape index (κ1) is 18.1. The number of hydrogen-bond donors (Lipinski definition) is 0. The van der Waals surface area contributed by atoms with Crippen molar-refractivity contribution in [2.24, 2.45) is 0 Å². The number of imidazole rings is 1. The van der Waals surface area contributed by atoms with Crippen LogP contribution in [0.2, 0.25) is 0 Å². The van der Waals surface area contributed by atoms with Crippen LogP contribution in [0.3, 0.4) is 0 Å². The Morgan fingerprint density at radius 2 is 2.00 bits per heavy atom. The van der Waals surface area contributed by atoms with E-state index in [0.29, 0.717) is 30.3 Å². The van der Waals surface area contributed by atoms with Crippen LogP contribution in [0.15, 0.2) is 36.8 Å². The van der Waals surface area contributed by atoms with Crippen molar-refractivity contribution in [2.45, 2.75) is 25.3 Å². The average molecular weight is 398 g/mol. The molecule has 0 bridgehead atoms. The molecule has 1 aliphatic heterocycles. The minimum absolute atomic E-state index is 0.0265. The van der Waals surface area contributed by atoms with Crippen LogP contribution in [-0.4, -0.2) is 45.7 Å². The minimum Gasteiger partial charge on any atom is -0.626 e. The summed E-state index contributed by atoms with van der Waals surface area (Å²) >= 11 is 0.